The first-order chi connectivity index (χ1) is 10.5. The Bertz CT molecular complexity index is 826. The molecule has 112 valence electrons. The smallest absolute Gasteiger partial charge is 0.175 e. The zero-order chi connectivity index (χ0) is 15.7. The second kappa shape index (κ2) is 5.93. The number of ketones is 1. The number of carbonyl (C=O) groups is 1. The van der Waals surface area contributed by atoms with Gasteiger partial charge < -0.3 is 4.98 Å². The van der Waals surface area contributed by atoms with Crippen molar-refractivity contribution in [3.05, 3.63) is 59.4 Å². The minimum atomic E-state index is -0.343. The average molecular weight is 314 g/mol. The summed E-state index contributed by atoms with van der Waals surface area (Å²) in [6, 6.07) is 11.6. The number of nitrogens with one attached hydrogen (secondary N) is 1. The molecule has 1 atom stereocenters. The SMILES string of the molecule is Cc1ccc2nc(S[C@@H](C)C(=O)c3ccc(F)cc3)[nH]c2c1. The third-order valence-electron chi connectivity index (χ3n) is 3.40. The van der Waals surface area contributed by atoms with Gasteiger partial charge in [-0.2, -0.15) is 0 Å². The Kier molecular flexibility index (Phi) is 3.98. The highest BCUT2D eigenvalue weighted by Gasteiger charge is 2.18. The van der Waals surface area contributed by atoms with Gasteiger partial charge in [-0.3, -0.25) is 4.79 Å². The number of nitrogens with zero attached hydrogens (tertiary/aromatic N) is 1. The lowest BCUT2D eigenvalue weighted by Gasteiger charge is -2.08. The molecule has 0 bridgehead atoms. The number of hydrogen-bond donors (Lipinski definition) is 1. The van der Waals surface area contributed by atoms with Crippen LogP contribution in [-0.4, -0.2) is 21.0 Å². The van der Waals surface area contributed by atoms with Gasteiger partial charge in [0.1, 0.15) is 5.82 Å². The van der Waals surface area contributed by atoms with Crippen LogP contribution in [0.4, 0.5) is 4.39 Å². The van der Waals surface area contributed by atoms with Gasteiger partial charge >= 0.3 is 0 Å². The number of H-pyrrole nitrogens is 1. The monoisotopic (exact) mass is 314 g/mol. The lowest BCUT2D eigenvalue weighted by molar-refractivity contribution is 0.0994. The summed E-state index contributed by atoms with van der Waals surface area (Å²) in [6.45, 7) is 3.85. The van der Waals surface area contributed by atoms with Crippen LogP contribution < -0.4 is 0 Å². The van der Waals surface area contributed by atoms with E-state index >= 15 is 0 Å². The van der Waals surface area contributed by atoms with E-state index in [1.807, 2.05) is 32.0 Å². The molecule has 0 saturated carbocycles. The molecule has 22 heavy (non-hydrogen) atoms. The van der Waals surface area contributed by atoms with Crippen molar-refractivity contribution >= 4 is 28.6 Å². The lowest BCUT2D eigenvalue weighted by Crippen LogP contribution is -2.13. The van der Waals surface area contributed by atoms with Crippen molar-refractivity contribution < 1.29 is 9.18 Å². The molecule has 1 N–H and O–H groups in total. The van der Waals surface area contributed by atoms with Crippen LogP contribution in [0.3, 0.4) is 0 Å². The van der Waals surface area contributed by atoms with Crippen molar-refractivity contribution in [3.8, 4) is 0 Å². The number of Topliss-reactive ketones (excluding diaryl/α,β-unsaturated/α-hetero) is 1. The zero-order valence-corrected chi connectivity index (χ0v) is 13.1. The maximum atomic E-state index is 12.9. The van der Waals surface area contributed by atoms with Crippen LogP contribution in [0, 0.1) is 12.7 Å². The second-order valence-electron chi connectivity index (χ2n) is 5.19. The maximum absolute atomic E-state index is 12.9. The molecule has 0 aliphatic heterocycles. The molecule has 0 unspecified atom stereocenters. The highest BCUT2D eigenvalue weighted by molar-refractivity contribution is 8.00. The fourth-order valence-corrected chi connectivity index (χ4v) is 3.12. The third kappa shape index (κ3) is 3.04. The number of thioether (sulfide) groups is 1. The number of halogens is 1. The van der Waals surface area contributed by atoms with Gasteiger partial charge in [-0.15, -0.1) is 0 Å². The summed E-state index contributed by atoms with van der Waals surface area (Å²) in [7, 11) is 0. The molecule has 0 amide bonds. The normalized spacial score (nSPS) is 12.5. The molecule has 2 aromatic carbocycles. The molecule has 0 aliphatic carbocycles. The molecule has 1 aromatic heterocycles. The molecule has 0 radical (unpaired) electrons. The first-order valence-electron chi connectivity index (χ1n) is 6.96. The number of aromatic nitrogens is 2. The van der Waals surface area contributed by atoms with E-state index in [2.05, 4.69) is 9.97 Å². The van der Waals surface area contributed by atoms with Crippen molar-refractivity contribution in [3.63, 3.8) is 0 Å². The summed E-state index contributed by atoms with van der Waals surface area (Å²) < 4.78 is 12.9. The van der Waals surface area contributed by atoms with Gasteiger partial charge in [0, 0.05) is 5.56 Å². The number of aromatic amines is 1. The number of carbonyl (C=O) groups excluding carboxylic acids is 1. The molecule has 3 aromatic rings. The Hall–Kier alpha value is -2.14. The summed E-state index contributed by atoms with van der Waals surface area (Å²) in [5, 5.41) is 0.413. The third-order valence-corrected chi connectivity index (χ3v) is 4.39. The van der Waals surface area contributed by atoms with Gasteiger partial charge in [0.05, 0.1) is 16.3 Å². The van der Waals surface area contributed by atoms with Crippen LogP contribution in [0.25, 0.3) is 11.0 Å². The average Bonchev–Trinajstić information content (AvgIpc) is 2.88. The van der Waals surface area contributed by atoms with E-state index < -0.39 is 0 Å². The molecular weight excluding hydrogens is 299 g/mol. The Morgan fingerprint density at radius 1 is 1.23 bits per heavy atom. The first kappa shape index (κ1) is 14.8. The van der Waals surface area contributed by atoms with Gasteiger partial charge in [0.25, 0.3) is 0 Å². The van der Waals surface area contributed by atoms with E-state index in [4.69, 9.17) is 0 Å². The van der Waals surface area contributed by atoms with E-state index in [0.717, 1.165) is 16.6 Å². The number of benzene rings is 2. The fraction of sp³-hybridized carbons (Fsp3) is 0.176. The molecule has 3 nitrogen and oxygen atoms in total. The van der Waals surface area contributed by atoms with Gasteiger partial charge in [0.2, 0.25) is 0 Å². The second-order valence-corrected chi connectivity index (χ2v) is 6.52. The number of rotatable bonds is 4. The lowest BCUT2D eigenvalue weighted by atomic mass is 10.1. The fourth-order valence-electron chi connectivity index (χ4n) is 2.23. The quantitative estimate of drug-likeness (QED) is 0.574. The highest BCUT2D eigenvalue weighted by Crippen LogP contribution is 2.26. The van der Waals surface area contributed by atoms with Crippen molar-refractivity contribution in [2.24, 2.45) is 0 Å². The van der Waals surface area contributed by atoms with Gasteiger partial charge in [-0.1, -0.05) is 17.8 Å². The van der Waals surface area contributed by atoms with E-state index in [1.165, 1.54) is 36.0 Å². The molecule has 0 aliphatic rings. The van der Waals surface area contributed by atoms with Gasteiger partial charge in [-0.05, 0) is 55.8 Å². The van der Waals surface area contributed by atoms with Crippen molar-refractivity contribution in [1.29, 1.82) is 0 Å². The van der Waals surface area contributed by atoms with Crippen molar-refractivity contribution in [2.75, 3.05) is 0 Å². The van der Waals surface area contributed by atoms with E-state index in [1.54, 1.807) is 0 Å². The number of hydrogen-bond acceptors (Lipinski definition) is 3. The number of fused-ring (bicyclic) bond motifs is 1. The number of imidazole rings is 1. The van der Waals surface area contributed by atoms with Gasteiger partial charge in [0.15, 0.2) is 10.9 Å². The Balaban J connectivity index is 1.78. The maximum Gasteiger partial charge on any atom is 0.175 e. The summed E-state index contributed by atoms with van der Waals surface area (Å²) in [6.07, 6.45) is 0. The Morgan fingerprint density at radius 2 is 1.95 bits per heavy atom. The zero-order valence-electron chi connectivity index (χ0n) is 12.3. The molecule has 3 rings (SSSR count). The molecule has 0 fully saturated rings. The van der Waals surface area contributed by atoms with Crippen LogP contribution in [0.1, 0.15) is 22.8 Å². The van der Waals surface area contributed by atoms with Crippen LogP contribution in [0.5, 0.6) is 0 Å². The minimum absolute atomic E-state index is 0.0402. The first-order valence-corrected chi connectivity index (χ1v) is 7.84. The molecule has 0 saturated heterocycles. The largest absolute Gasteiger partial charge is 0.333 e. The molecule has 5 heteroatoms. The van der Waals surface area contributed by atoms with E-state index in [-0.39, 0.29) is 16.9 Å². The summed E-state index contributed by atoms with van der Waals surface area (Å²) in [4.78, 5) is 20.0. The van der Waals surface area contributed by atoms with E-state index in [0.29, 0.717) is 10.7 Å². The predicted octanol–water partition coefficient (Wildman–Crippen LogP) is 4.37. The minimum Gasteiger partial charge on any atom is -0.333 e. The van der Waals surface area contributed by atoms with Gasteiger partial charge in [-0.25, -0.2) is 9.37 Å². The summed E-state index contributed by atoms with van der Waals surface area (Å²) in [5.41, 5.74) is 3.51. The predicted molar refractivity (Wildman–Crippen MR) is 86.9 cm³/mol. The topological polar surface area (TPSA) is 45.8 Å². The van der Waals surface area contributed by atoms with Crippen LogP contribution in [0.15, 0.2) is 47.6 Å². The molecule has 1 heterocycles. The van der Waals surface area contributed by atoms with Crippen LogP contribution in [0.2, 0.25) is 0 Å². The standard InChI is InChI=1S/C17H15FN2OS/c1-10-3-8-14-15(9-10)20-17(19-14)22-11(2)16(21)12-4-6-13(18)7-5-12/h3-9,11H,1-2H3,(H,19,20)/t11-/m0/s1. The van der Waals surface area contributed by atoms with Crippen LogP contribution in [-0.2, 0) is 0 Å². The molecular formula is C17H15FN2OS. The Morgan fingerprint density at radius 3 is 2.68 bits per heavy atom. The van der Waals surface area contributed by atoms with Crippen molar-refractivity contribution in [1.82, 2.24) is 9.97 Å². The summed E-state index contributed by atoms with van der Waals surface area (Å²) >= 11 is 1.37. The van der Waals surface area contributed by atoms with E-state index in [9.17, 15) is 9.18 Å². The number of aryl methyl sites for hydroxylation is 1. The Labute approximate surface area is 132 Å². The molecule has 0 spiro atoms. The summed E-state index contributed by atoms with van der Waals surface area (Å²) in [5.74, 6) is -0.383. The highest BCUT2D eigenvalue weighted by atomic mass is 32.2. The van der Waals surface area contributed by atoms with Crippen LogP contribution >= 0.6 is 11.8 Å². The van der Waals surface area contributed by atoms with Crippen molar-refractivity contribution in [2.45, 2.75) is 24.3 Å².